The molecule has 0 aliphatic rings. The first kappa shape index (κ1) is 10.9. The van der Waals surface area contributed by atoms with Crippen LogP contribution in [0.2, 0.25) is 0 Å². The molecule has 0 aromatic carbocycles. The molecule has 0 saturated carbocycles. The Labute approximate surface area is 94.4 Å². The minimum absolute atomic E-state index is 0.711. The first-order valence-corrected chi connectivity index (χ1v) is 5.44. The standard InChI is InChI=1S/C11H16N4O/c1-3-12-7-10-5-4-6-15(10)8-11-9(2)13-16-14-11/h4-6,12H,3,7-8H2,1-2H3. The number of nitrogens with zero attached hydrogens (tertiary/aromatic N) is 3. The number of rotatable bonds is 5. The Kier molecular flexibility index (Phi) is 3.36. The molecule has 1 N–H and O–H groups in total. The highest BCUT2D eigenvalue weighted by atomic mass is 16.6. The van der Waals surface area contributed by atoms with Gasteiger partial charge in [-0.3, -0.25) is 0 Å². The molecule has 2 aromatic heterocycles. The number of hydrogen-bond donors (Lipinski definition) is 1. The monoisotopic (exact) mass is 220 g/mol. The van der Waals surface area contributed by atoms with Crippen LogP contribution in [0.25, 0.3) is 0 Å². The Balaban J connectivity index is 2.09. The highest BCUT2D eigenvalue weighted by Gasteiger charge is 2.07. The zero-order chi connectivity index (χ0) is 11.4. The second kappa shape index (κ2) is 4.94. The van der Waals surface area contributed by atoms with Crippen LogP contribution in [-0.2, 0) is 13.1 Å². The quantitative estimate of drug-likeness (QED) is 0.826. The Morgan fingerprint density at radius 1 is 1.44 bits per heavy atom. The van der Waals surface area contributed by atoms with E-state index >= 15 is 0 Å². The van der Waals surface area contributed by atoms with Gasteiger partial charge >= 0.3 is 0 Å². The summed E-state index contributed by atoms with van der Waals surface area (Å²) in [5, 5.41) is 11.0. The Hall–Kier alpha value is -1.62. The van der Waals surface area contributed by atoms with E-state index in [-0.39, 0.29) is 0 Å². The maximum atomic E-state index is 4.69. The molecule has 2 heterocycles. The topological polar surface area (TPSA) is 55.9 Å². The van der Waals surface area contributed by atoms with E-state index in [0.29, 0.717) is 6.54 Å². The van der Waals surface area contributed by atoms with Crippen molar-refractivity contribution < 1.29 is 4.63 Å². The van der Waals surface area contributed by atoms with Gasteiger partial charge in [-0.1, -0.05) is 17.2 Å². The van der Waals surface area contributed by atoms with E-state index in [1.54, 1.807) is 0 Å². The number of nitrogens with one attached hydrogen (secondary N) is 1. The van der Waals surface area contributed by atoms with Crippen LogP contribution >= 0.6 is 0 Å². The van der Waals surface area contributed by atoms with Crippen molar-refractivity contribution in [1.82, 2.24) is 20.2 Å². The summed E-state index contributed by atoms with van der Waals surface area (Å²) >= 11 is 0. The third-order valence-corrected chi connectivity index (χ3v) is 2.55. The lowest BCUT2D eigenvalue weighted by Crippen LogP contribution is -2.15. The van der Waals surface area contributed by atoms with Crippen molar-refractivity contribution in [3.63, 3.8) is 0 Å². The van der Waals surface area contributed by atoms with Gasteiger partial charge in [0.25, 0.3) is 0 Å². The average Bonchev–Trinajstić information content (AvgIpc) is 2.87. The van der Waals surface area contributed by atoms with Crippen molar-refractivity contribution in [3.05, 3.63) is 35.4 Å². The number of hydrogen-bond acceptors (Lipinski definition) is 4. The predicted octanol–water partition coefficient (Wildman–Crippen LogP) is 1.34. The number of aryl methyl sites for hydroxylation is 1. The van der Waals surface area contributed by atoms with E-state index in [1.165, 1.54) is 5.69 Å². The van der Waals surface area contributed by atoms with E-state index in [2.05, 4.69) is 37.8 Å². The van der Waals surface area contributed by atoms with E-state index in [9.17, 15) is 0 Å². The second-order valence-corrected chi connectivity index (χ2v) is 3.70. The van der Waals surface area contributed by atoms with Gasteiger partial charge in [-0.25, -0.2) is 4.63 Å². The summed E-state index contributed by atoms with van der Waals surface area (Å²) in [6.45, 7) is 6.55. The molecular formula is C11H16N4O. The molecule has 5 nitrogen and oxygen atoms in total. The summed E-state index contributed by atoms with van der Waals surface area (Å²) < 4.78 is 6.83. The lowest BCUT2D eigenvalue weighted by molar-refractivity contribution is 0.300. The van der Waals surface area contributed by atoms with Crippen molar-refractivity contribution in [1.29, 1.82) is 0 Å². The lowest BCUT2D eigenvalue weighted by atomic mass is 10.3. The first-order valence-electron chi connectivity index (χ1n) is 5.44. The smallest absolute Gasteiger partial charge is 0.127 e. The molecule has 0 atom stereocenters. The molecule has 16 heavy (non-hydrogen) atoms. The van der Waals surface area contributed by atoms with Crippen molar-refractivity contribution in [3.8, 4) is 0 Å². The van der Waals surface area contributed by atoms with E-state index in [0.717, 1.165) is 24.5 Å². The van der Waals surface area contributed by atoms with Crippen LogP contribution in [-0.4, -0.2) is 21.4 Å². The first-order chi connectivity index (χ1) is 7.81. The van der Waals surface area contributed by atoms with Crippen LogP contribution in [0.4, 0.5) is 0 Å². The van der Waals surface area contributed by atoms with E-state index in [1.807, 2.05) is 19.2 Å². The normalized spacial score (nSPS) is 10.9. The van der Waals surface area contributed by atoms with Gasteiger partial charge in [0.2, 0.25) is 0 Å². The summed E-state index contributed by atoms with van der Waals surface area (Å²) in [7, 11) is 0. The highest BCUT2D eigenvalue weighted by molar-refractivity contribution is 5.12. The molecule has 0 amide bonds. The summed E-state index contributed by atoms with van der Waals surface area (Å²) in [5.41, 5.74) is 2.97. The maximum absolute atomic E-state index is 4.69. The molecule has 0 fully saturated rings. The fraction of sp³-hybridized carbons (Fsp3) is 0.455. The summed E-state index contributed by atoms with van der Waals surface area (Å²) in [5.74, 6) is 0. The van der Waals surface area contributed by atoms with E-state index < -0.39 is 0 Å². The van der Waals surface area contributed by atoms with Crippen molar-refractivity contribution >= 4 is 0 Å². The van der Waals surface area contributed by atoms with Crippen molar-refractivity contribution in [2.75, 3.05) is 6.54 Å². The molecule has 2 aromatic rings. The minimum Gasteiger partial charge on any atom is -0.344 e. The van der Waals surface area contributed by atoms with Gasteiger partial charge in [0, 0.05) is 18.4 Å². The van der Waals surface area contributed by atoms with Gasteiger partial charge in [0.1, 0.15) is 11.4 Å². The average molecular weight is 220 g/mol. The zero-order valence-corrected chi connectivity index (χ0v) is 9.60. The summed E-state index contributed by atoms with van der Waals surface area (Å²) in [6, 6.07) is 4.14. The van der Waals surface area contributed by atoms with Crippen LogP contribution in [0.3, 0.4) is 0 Å². The summed E-state index contributed by atoms with van der Waals surface area (Å²) in [4.78, 5) is 0. The molecule has 0 spiro atoms. The van der Waals surface area contributed by atoms with Gasteiger partial charge in [-0.05, 0) is 25.6 Å². The van der Waals surface area contributed by atoms with Crippen molar-refractivity contribution in [2.24, 2.45) is 0 Å². The molecule has 0 unspecified atom stereocenters. The van der Waals surface area contributed by atoms with Crippen LogP contribution in [0, 0.1) is 6.92 Å². The molecule has 0 bridgehead atoms. The fourth-order valence-corrected chi connectivity index (χ4v) is 1.57. The van der Waals surface area contributed by atoms with Gasteiger partial charge in [-0.2, -0.15) is 0 Å². The van der Waals surface area contributed by atoms with E-state index in [4.69, 9.17) is 0 Å². The fourth-order valence-electron chi connectivity index (χ4n) is 1.57. The molecule has 2 rings (SSSR count). The summed E-state index contributed by atoms with van der Waals surface area (Å²) in [6.07, 6.45) is 2.04. The lowest BCUT2D eigenvalue weighted by Gasteiger charge is -2.07. The maximum Gasteiger partial charge on any atom is 0.127 e. The second-order valence-electron chi connectivity index (χ2n) is 3.70. The minimum atomic E-state index is 0.711. The van der Waals surface area contributed by atoms with Crippen LogP contribution < -0.4 is 5.32 Å². The Bertz CT molecular complexity index is 446. The van der Waals surface area contributed by atoms with Crippen molar-refractivity contribution in [2.45, 2.75) is 26.9 Å². The molecule has 0 aliphatic heterocycles. The third-order valence-electron chi connectivity index (χ3n) is 2.55. The van der Waals surface area contributed by atoms with Gasteiger partial charge in [0.05, 0.1) is 6.54 Å². The zero-order valence-electron chi connectivity index (χ0n) is 9.60. The molecular weight excluding hydrogens is 204 g/mol. The Morgan fingerprint density at radius 2 is 2.31 bits per heavy atom. The highest BCUT2D eigenvalue weighted by Crippen LogP contribution is 2.08. The predicted molar refractivity (Wildman–Crippen MR) is 59.9 cm³/mol. The largest absolute Gasteiger partial charge is 0.344 e. The number of aromatic nitrogens is 3. The molecule has 0 saturated heterocycles. The third kappa shape index (κ3) is 2.30. The van der Waals surface area contributed by atoms with Gasteiger partial charge < -0.3 is 9.88 Å². The van der Waals surface area contributed by atoms with Crippen LogP contribution in [0.1, 0.15) is 24.0 Å². The molecule has 5 heteroatoms. The Morgan fingerprint density at radius 3 is 3.00 bits per heavy atom. The van der Waals surface area contributed by atoms with Crippen LogP contribution in [0.15, 0.2) is 23.0 Å². The SMILES string of the molecule is CCNCc1cccn1Cc1nonc1C. The van der Waals surface area contributed by atoms with Gasteiger partial charge in [0.15, 0.2) is 0 Å². The molecule has 0 aliphatic carbocycles. The molecule has 86 valence electrons. The van der Waals surface area contributed by atoms with Crippen LogP contribution in [0.5, 0.6) is 0 Å². The van der Waals surface area contributed by atoms with Gasteiger partial charge in [-0.15, -0.1) is 0 Å². The molecule has 0 radical (unpaired) electrons.